The summed E-state index contributed by atoms with van der Waals surface area (Å²) in [7, 11) is 0. The van der Waals surface area contributed by atoms with Crippen LogP contribution in [0.15, 0.2) is 18.2 Å². The van der Waals surface area contributed by atoms with Gasteiger partial charge < -0.3 is 5.32 Å². The Hall–Kier alpha value is -1.23. The summed E-state index contributed by atoms with van der Waals surface area (Å²) in [6.07, 6.45) is 2.01. The van der Waals surface area contributed by atoms with Crippen molar-refractivity contribution < 1.29 is 4.92 Å². The second kappa shape index (κ2) is 5.60. The van der Waals surface area contributed by atoms with E-state index < -0.39 is 0 Å². The van der Waals surface area contributed by atoms with Crippen molar-refractivity contribution in [1.82, 2.24) is 0 Å². The zero-order chi connectivity index (χ0) is 11.3. The molecule has 0 aliphatic rings. The SMILES string of the molecule is CSCCNc1cc(C)ccc1[N+](=O)[O-]. The van der Waals surface area contributed by atoms with Crippen molar-refractivity contribution in [3.8, 4) is 0 Å². The normalized spacial score (nSPS) is 10.0. The van der Waals surface area contributed by atoms with Crippen molar-refractivity contribution in [1.29, 1.82) is 0 Å². The minimum atomic E-state index is -0.360. The Bertz CT molecular complexity index is 355. The molecule has 0 spiro atoms. The maximum absolute atomic E-state index is 10.7. The average Bonchev–Trinajstić information content (AvgIpc) is 2.18. The van der Waals surface area contributed by atoms with Gasteiger partial charge in [-0.2, -0.15) is 11.8 Å². The number of aryl methyl sites for hydroxylation is 1. The van der Waals surface area contributed by atoms with E-state index in [-0.39, 0.29) is 10.6 Å². The van der Waals surface area contributed by atoms with E-state index in [9.17, 15) is 10.1 Å². The highest BCUT2D eigenvalue weighted by Crippen LogP contribution is 2.24. The van der Waals surface area contributed by atoms with Crippen molar-refractivity contribution in [2.75, 3.05) is 23.9 Å². The zero-order valence-corrected chi connectivity index (χ0v) is 9.63. The van der Waals surface area contributed by atoms with Gasteiger partial charge in [-0.05, 0) is 24.8 Å². The lowest BCUT2D eigenvalue weighted by Gasteiger charge is -2.06. The summed E-state index contributed by atoms with van der Waals surface area (Å²) >= 11 is 1.71. The molecule has 15 heavy (non-hydrogen) atoms. The molecule has 82 valence electrons. The monoisotopic (exact) mass is 226 g/mol. The molecular weight excluding hydrogens is 212 g/mol. The number of nitrogens with zero attached hydrogens (tertiary/aromatic N) is 1. The van der Waals surface area contributed by atoms with Crippen LogP contribution in [-0.2, 0) is 0 Å². The molecule has 4 nitrogen and oxygen atoms in total. The molecule has 0 saturated carbocycles. The first-order valence-electron chi connectivity index (χ1n) is 4.63. The summed E-state index contributed by atoms with van der Waals surface area (Å²) in [5.74, 6) is 0.936. The van der Waals surface area contributed by atoms with Crippen LogP contribution in [0.5, 0.6) is 0 Å². The Kier molecular flexibility index (Phi) is 4.42. The Morgan fingerprint density at radius 2 is 2.27 bits per heavy atom. The first kappa shape index (κ1) is 11.8. The molecule has 0 radical (unpaired) electrons. The fourth-order valence-electron chi connectivity index (χ4n) is 1.24. The zero-order valence-electron chi connectivity index (χ0n) is 8.82. The highest BCUT2D eigenvalue weighted by atomic mass is 32.2. The van der Waals surface area contributed by atoms with Gasteiger partial charge in [0.15, 0.2) is 0 Å². The molecule has 0 unspecified atom stereocenters. The summed E-state index contributed by atoms with van der Waals surface area (Å²) in [6.45, 7) is 2.66. The fraction of sp³-hybridized carbons (Fsp3) is 0.400. The van der Waals surface area contributed by atoms with Crippen molar-refractivity contribution in [2.45, 2.75) is 6.92 Å². The number of nitrogens with one attached hydrogen (secondary N) is 1. The number of hydrogen-bond donors (Lipinski definition) is 1. The largest absolute Gasteiger partial charge is 0.379 e. The van der Waals surface area contributed by atoms with Crippen LogP contribution in [0.25, 0.3) is 0 Å². The maximum Gasteiger partial charge on any atom is 0.292 e. The summed E-state index contributed by atoms with van der Waals surface area (Å²) in [6, 6.07) is 5.09. The second-order valence-electron chi connectivity index (χ2n) is 3.20. The molecule has 0 amide bonds. The van der Waals surface area contributed by atoms with E-state index in [0.29, 0.717) is 5.69 Å². The Labute approximate surface area is 93.2 Å². The second-order valence-corrected chi connectivity index (χ2v) is 4.18. The van der Waals surface area contributed by atoms with E-state index >= 15 is 0 Å². The topological polar surface area (TPSA) is 55.2 Å². The van der Waals surface area contributed by atoms with Crippen molar-refractivity contribution in [3.63, 3.8) is 0 Å². The third-order valence-electron chi connectivity index (χ3n) is 1.97. The van der Waals surface area contributed by atoms with Crippen LogP contribution in [0, 0.1) is 17.0 Å². The number of nitro groups is 1. The lowest BCUT2D eigenvalue weighted by Crippen LogP contribution is -2.06. The Morgan fingerprint density at radius 3 is 2.87 bits per heavy atom. The molecule has 0 fully saturated rings. The number of thioether (sulfide) groups is 1. The molecule has 0 bridgehead atoms. The Balaban J connectivity index is 2.82. The number of nitro benzene ring substituents is 1. The quantitative estimate of drug-likeness (QED) is 0.476. The van der Waals surface area contributed by atoms with Crippen molar-refractivity contribution in [3.05, 3.63) is 33.9 Å². The highest BCUT2D eigenvalue weighted by molar-refractivity contribution is 7.98. The molecule has 1 aromatic rings. The average molecular weight is 226 g/mol. The van der Waals surface area contributed by atoms with Gasteiger partial charge in [0.1, 0.15) is 5.69 Å². The van der Waals surface area contributed by atoms with Crippen LogP contribution in [0.2, 0.25) is 0 Å². The number of benzene rings is 1. The van der Waals surface area contributed by atoms with Gasteiger partial charge in [-0.3, -0.25) is 10.1 Å². The van der Waals surface area contributed by atoms with E-state index in [4.69, 9.17) is 0 Å². The molecule has 0 heterocycles. The predicted octanol–water partition coefficient (Wildman–Crippen LogP) is 2.68. The Morgan fingerprint density at radius 1 is 1.53 bits per heavy atom. The van der Waals surface area contributed by atoms with Gasteiger partial charge in [0.25, 0.3) is 5.69 Å². The molecule has 0 atom stereocenters. The van der Waals surface area contributed by atoms with Gasteiger partial charge in [0.05, 0.1) is 4.92 Å². The molecule has 0 aliphatic carbocycles. The van der Waals surface area contributed by atoms with Gasteiger partial charge in [0.2, 0.25) is 0 Å². The van der Waals surface area contributed by atoms with E-state index in [1.54, 1.807) is 23.9 Å². The van der Waals surface area contributed by atoms with E-state index in [0.717, 1.165) is 17.9 Å². The molecule has 1 N–H and O–H groups in total. The van der Waals surface area contributed by atoms with Crippen LogP contribution in [-0.4, -0.2) is 23.5 Å². The number of anilines is 1. The van der Waals surface area contributed by atoms with Gasteiger partial charge in [0, 0.05) is 18.4 Å². The number of rotatable bonds is 5. The van der Waals surface area contributed by atoms with Crippen LogP contribution < -0.4 is 5.32 Å². The van der Waals surface area contributed by atoms with Crippen LogP contribution >= 0.6 is 11.8 Å². The van der Waals surface area contributed by atoms with Crippen LogP contribution in [0.3, 0.4) is 0 Å². The minimum absolute atomic E-state index is 0.140. The highest BCUT2D eigenvalue weighted by Gasteiger charge is 2.12. The molecule has 0 aliphatic heterocycles. The van der Waals surface area contributed by atoms with Gasteiger partial charge >= 0.3 is 0 Å². The lowest BCUT2D eigenvalue weighted by molar-refractivity contribution is -0.384. The van der Waals surface area contributed by atoms with Crippen LogP contribution in [0.1, 0.15) is 5.56 Å². The first-order chi connectivity index (χ1) is 7.15. The molecule has 5 heteroatoms. The predicted molar refractivity (Wildman–Crippen MR) is 64.7 cm³/mol. The third kappa shape index (κ3) is 3.43. The molecule has 1 aromatic carbocycles. The first-order valence-corrected chi connectivity index (χ1v) is 6.02. The third-order valence-corrected chi connectivity index (χ3v) is 2.58. The smallest absolute Gasteiger partial charge is 0.292 e. The lowest BCUT2D eigenvalue weighted by atomic mass is 10.2. The molecular formula is C10H14N2O2S. The van der Waals surface area contributed by atoms with E-state index in [2.05, 4.69) is 5.32 Å². The summed E-state index contributed by atoms with van der Waals surface area (Å²) in [5.41, 5.74) is 1.77. The fourth-order valence-corrected chi connectivity index (χ4v) is 1.54. The van der Waals surface area contributed by atoms with Gasteiger partial charge in [-0.15, -0.1) is 0 Å². The summed E-state index contributed by atoms with van der Waals surface area (Å²) in [5, 5.41) is 13.8. The van der Waals surface area contributed by atoms with Crippen LogP contribution in [0.4, 0.5) is 11.4 Å². The summed E-state index contributed by atoms with van der Waals surface area (Å²) < 4.78 is 0. The van der Waals surface area contributed by atoms with Gasteiger partial charge in [-0.25, -0.2) is 0 Å². The molecule has 0 saturated heterocycles. The molecule has 1 rings (SSSR count). The van der Waals surface area contributed by atoms with E-state index in [1.807, 2.05) is 13.2 Å². The summed E-state index contributed by atoms with van der Waals surface area (Å²) in [4.78, 5) is 10.4. The molecule has 0 aromatic heterocycles. The number of hydrogen-bond acceptors (Lipinski definition) is 4. The maximum atomic E-state index is 10.7. The van der Waals surface area contributed by atoms with E-state index in [1.165, 1.54) is 6.07 Å². The standard InChI is InChI=1S/C10H14N2O2S/c1-8-3-4-10(12(13)14)9(7-8)11-5-6-15-2/h3-4,7,11H,5-6H2,1-2H3. The van der Waals surface area contributed by atoms with Gasteiger partial charge in [-0.1, -0.05) is 6.07 Å². The van der Waals surface area contributed by atoms with Crippen molar-refractivity contribution >= 4 is 23.1 Å². The minimum Gasteiger partial charge on any atom is -0.379 e. The van der Waals surface area contributed by atoms with Crippen molar-refractivity contribution in [2.24, 2.45) is 0 Å².